The minimum Gasteiger partial charge on any atom is -0.342 e. The second-order valence-electron chi connectivity index (χ2n) is 7.90. The smallest absolute Gasteiger partial charge is 0.247 e. The highest BCUT2D eigenvalue weighted by molar-refractivity contribution is 5.78. The summed E-state index contributed by atoms with van der Waals surface area (Å²) in [7, 11) is 0. The summed E-state index contributed by atoms with van der Waals surface area (Å²) in [5.41, 5.74) is 1.10. The van der Waals surface area contributed by atoms with Crippen LogP contribution >= 0.6 is 0 Å². The van der Waals surface area contributed by atoms with E-state index in [9.17, 15) is 9.59 Å². The van der Waals surface area contributed by atoms with Crippen molar-refractivity contribution in [3.8, 4) is 0 Å². The zero-order valence-corrected chi connectivity index (χ0v) is 16.7. The first-order chi connectivity index (χ1) is 14.2. The van der Waals surface area contributed by atoms with Crippen molar-refractivity contribution in [2.24, 2.45) is 5.92 Å². The lowest BCUT2D eigenvalue weighted by atomic mass is 9.90. The van der Waals surface area contributed by atoms with E-state index in [1.807, 2.05) is 17.0 Å². The number of aromatic nitrogens is 3. The lowest BCUT2D eigenvalue weighted by Crippen LogP contribution is -2.51. The van der Waals surface area contributed by atoms with Gasteiger partial charge >= 0.3 is 0 Å². The van der Waals surface area contributed by atoms with E-state index in [0.29, 0.717) is 12.5 Å². The van der Waals surface area contributed by atoms with Crippen LogP contribution in [0, 0.1) is 5.92 Å². The summed E-state index contributed by atoms with van der Waals surface area (Å²) in [4.78, 5) is 41.7. The van der Waals surface area contributed by atoms with Crippen LogP contribution in [0.25, 0.3) is 0 Å². The van der Waals surface area contributed by atoms with E-state index in [1.54, 1.807) is 24.7 Å². The Bertz CT molecular complexity index is 834. The fourth-order valence-electron chi connectivity index (χ4n) is 4.14. The molecule has 0 bridgehead atoms. The lowest BCUT2D eigenvalue weighted by molar-refractivity contribution is -0.133. The van der Waals surface area contributed by atoms with Gasteiger partial charge in [-0.25, -0.2) is 9.97 Å². The summed E-state index contributed by atoms with van der Waals surface area (Å²) >= 11 is 0. The molecule has 29 heavy (non-hydrogen) atoms. The van der Waals surface area contributed by atoms with Gasteiger partial charge in [-0.2, -0.15) is 0 Å². The molecule has 0 aliphatic carbocycles. The molecule has 8 nitrogen and oxygen atoms in total. The van der Waals surface area contributed by atoms with Crippen LogP contribution in [0.15, 0.2) is 41.6 Å². The fraction of sp³-hybridized carbons (Fsp3) is 0.524. The number of aromatic amines is 1. The Labute approximate surface area is 170 Å². The minimum absolute atomic E-state index is 0.0636. The monoisotopic (exact) mass is 396 g/mol. The maximum absolute atomic E-state index is 12.7. The third-order valence-corrected chi connectivity index (χ3v) is 5.91. The molecule has 0 radical (unpaired) electrons. The molecule has 0 aromatic carbocycles. The fourth-order valence-corrected chi connectivity index (χ4v) is 4.14. The number of pyridine rings is 1. The molecular formula is C21H28N6O2. The molecule has 2 saturated heterocycles. The third-order valence-electron chi connectivity index (χ3n) is 5.91. The van der Waals surface area contributed by atoms with Crippen molar-refractivity contribution >= 4 is 11.9 Å². The van der Waals surface area contributed by atoms with Crippen LogP contribution < -0.4 is 10.5 Å². The molecule has 2 aromatic rings. The number of carbonyl (C=O) groups is 1. The maximum Gasteiger partial charge on any atom is 0.247 e. The van der Waals surface area contributed by atoms with Gasteiger partial charge in [-0.05, 0) is 36.8 Å². The van der Waals surface area contributed by atoms with Gasteiger partial charge in [0.15, 0.2) is 0 Å². The normalized spacial score (nSPS) is 18.8. The number of anilines is 1. The van der Waals surface area contributed by atoms with E-state index >= 15 is 0 Å². The number of rotatable bonds is 5. The van der Waals surface area contributed by atoms with Crippen molar-refractivity contribution in [2.75, 3.05) is 50.7 Å². The Hall–Kier alpha value is -2.74. The maximum atomic E-state index is 12.7. The molecule has 0 unspecified atom stereocenters. The van der Waals surface area contributed by atoms with Crippen LogP contribution in [0.3, 0.4) is 0 Å². The number of H-pyrrole nitrogens is 1. The van der Waals surface area contributed by atoms with Gasteiger partial charge in [-0.15, -0.1) is 0 Å². The van der Waals surface area contributed by atoms with Crippen molar-refractivity contribution < 1.29 is 4.79 Å². The number of hydrogen-bond acceptors (Lipinski definition) is 6. The van der Waals surface area contributed by atoms with Crippen LogP contribution in [0.1, 0.15) is 18.4 Å². The van der Waals surface area contributed by atoms with E-state index < -0.39 is 0 Å². The number of amides is 1. The van der Waals surface area contributed by atoms with Gasteiger partial charge in [0.25, 0.3) is 0 Å². The number of piperidine rings is 1. The average Bonchev–Trinajstić information content (AvgIpc) is 2.77. The summed E-state index contributed by atoms with van der Waals surface area (Å²) < 4.78 is 0. The second kappa shape index (κ2) is 9.17. The summed E-state index contributed by atoms with van der Waals surface area (Å²) in [6.45, 7) is 5.54. The summed E-state index contributed by atoms with van der Waals surface area (Å²) in [5.74, 6) is 1.57. The Morgan fingerprint density at radius 3 is 2.41 bits per heavy atom. The zero-order chi connectivity index (χ0) is 20.1. The first kappa shape index (κ1) is 19.6. The largest absolute Gasteiger partial charge is 0.342 e. The Balaban J connectivity index is 1.19. The van der Waals surface area contributed by atoms with E-state index in [2.05, 4.69) is 24.8 Å². The number of carbonyl (C=O) groups excluding carboxylic acids is 1. The molecule has 2 aliphatic heterocycles. The summed E-state index contributed by atoms with van der Waals surface area (Å²) in [5, 5.41) is 0. The molecule has 0 saturated carbocycles. The number of nitrogens with one attached hydrogen (secondary N) is 1. The Morgan fingerprint density at radius 2 is 1.76 bits per heavy atom. The lowest BCUT2D eigenvalue weighted by Gasteiger charge is -2.37. The van der Waals surface area contributed by atoms with Crippen molar-refractivity contribution in [1.29, 1.82) is 0 Å². The summed E-state index contributed by atoms with van der Waals surface area (Å²) in [6, 6.07) is 5.30. The Morgan fingerprint density at radius 1 is 1.03 bits per heavy atom. The molecule has 1 N–H and O–H groups in total. The van der Waals surface area contributed by atoms with Crippen LogP contribution in [0.4, 0.5) is 5.95 Å². The zero-order valence-electron chi connectivity index (χ0n) is 16.7. The molecule has 2 aromatic heterocycles. The van der Waals surface area contributed by atoms with Crippen LogP contribution in [-0.4, -0.2) is 76.5 Å². The number of nitrogens with zero attached hydrogens (tertiary/aromatic N) is 5. The van der Waals surface area contributed by atoms with Gasteiger partial charge in [0.05, 0.1) is 6.54 Å². The molecule has 1 amide bonds. The molecule has 0 spiro atoms. The van der Waals surface area contributed by atoms with Gasteiger partial charge in [0.2, 0.25) is 17.4 Å². The molecule has 4 rings (SSSR count). The molecule has 8 heteroatoms. The Kier molecular flexibility index (Phi) is 6.19. The van der Waals surface area contributed by atoms with Gasteiger partial charge in [-0.3, -0.25) is 14.5 Å². The van der Waals surface area contributed by atoms with E-state index in [-0.39, 0.29) is 11.5 Å². The van der Waals surface area contributed by atoms with E-state index in [1.165, 1.54) is 0 Å². The standard InChI is InChI=1S/C21H28N6O2/c28-19-3-2-18(15-24-19)14-17-4-8-26(9-5-17)20(29)16-25-10-12-27(13-11-25)21-22-6-1-7-23-21/h1-3,6-7,15,17H,4-5,8-14,16H2,(H,24,28). The van der Waals surface area contributed by atoms with Crippen LogP contribution in [-0.2, 0) is 11.2 Å². The molecular weight excluding hydrogens is 368 g/mol. The van der Waals surface area contributed by atoms with Crippen molar-refractivity contribution in [3.05, 3.63) is 52.7 Å². The van der Waals surface area contributed by atoms with E-state index in [0.717, 1.165) is 70.0 Å². The third kappa shape index (κ3) is 5.20. The second-order valence-corrected chi connectivity index (χ2v) is 7.90. The van der Waals surface area contributed by atoms with Gasteiger partial charge in [0.1, 0.15) is 0 Å². The molecule has 0 atom stereocenters. The average molecular weight is 396 g/mol. The van der Waals surface area contributed by atoms with Crippen molar-refractivity contribution in [1.82, 2.24) is 24.8 Å². The highest BCUT2D eigenvalue weighted by Crippen LogP contribution is 2.21. The highest BCUT2D eigenvalue weighted by Gasteiger charge is 2.26. The van der Waals surface area contributed by atoms with Crippen LogP contribution in [0.2, 0.25) is 0 Å². The predicted molar refractivity (Wildman–Crippen MR) is 111 cm³/mol. The number of piperazine rings is 1. The van der Waals surface area contributed by atoms with Crippen molar-refractivity contribution in [3.63, 3.8) is 0 Å². The highest BCUT2D eigenvalue weighted by atomic mass is 16.2. The molecule has 4 heterocycles. The van der Waals surface area contributed by atoms with Gasteiger partial charge in [-0.1, -0.05) is 6.07 Å². The topological polar surface area (TPSA) is 85.4 Å². The summed E-state index contributed by atoms with van der Waals surface area (Å²) in [6.07, 6.45) is 8.33. The quantitative estimate of drug-likeness (QED) is 0.804. The van der Waals surface area contributed by atoms with E-state index in [4.69, 9.17) is 0 Å². The molecule has 2 fully saturated rings. The first-order valence-electron chi connectivity index (χ1n) is 10.4. The van der Waals surface area contributed by atoms with Crippen molar-refractivity contribution in [2.45, 2.75) is 19.3 Å². The predicted octanol–water partition coefficient (Wildman–Crippen LogP) is 0.768. The molecule has 2 aliphatic rings. The van der Waals surface area contributed by atoms with Crippen LogP contribution in [0.5, 0.6) is 0 Å². The first-order valence-corrected chi connectivity index (χ1v) is 10.4. The molecule has 154 valence electrons. The SMILES string of the molecule is O=C(CN1CCN(c2ncccn2)CC1)N1CCC(Cc2ccc(=O)[nH]c2)CC1. The number of likely N-dealkylation sites (tertiary alicyclic amines) is 1. The van der Waals surface area contributed by atoms with Gasteiger partial charge < -0.3 is 14.8 Å². The number of hydrogen-bond donors (Lipinski definition) is 1. The van der Waals surface area contributed by atoms with Gasteiger partial charge in [0, 0.05) is 63.9 Å². The minimum atomic E-state index is -0.0636.